The van der Waals surface area contributed by atoms with Gasteiger partial charge in [-0.3, -0.25) is 4.90 Å². The van der Waals surface area contributed by atoms with Crippen molar-refractivity contribution in [2.45, 2.75) is 44.3 Å². The lowest BCUT2D eigenvalue weighted by molar-refractivity contribution is -0.145. The third-order valence-electron chi connectivity index (χ3n) is 4.75. The fraction of sp³-hybridized carbons (Fsp3) is 0.933. The average molecular weight is 337 g/mol. The molecule has 2 amide bonds. The number of nitrogens with one attached hydrogen (secondary N) is 1. The molecule has 2 atom stereocenters. The number of hydrogen-bond donors (Lipinski definition) is 2. The first-order chi connectivity index (χ1) is 10.9. The van der Waals surface area contributed by atoms with Gasteiger partial charge >= 0.3 is 12.2 Å². The summed E-state index contributed by atoms with van der Waals surface area (Å²) in [5, 5.41) is 12.1. The van der Waals surface area contributed by atoms with Crippen LogP contribution in [0, 0.1) is 5.92 Å². The minimum absolute atomic E-state index is 0.0733. The van der Waals surface area contributed by atoms with Crippen LogP contribution in [0.1, 0.15) is 32.1 Å². The highest BCUT2D eigenvalue weighted by Crippen LogP contribution is 2.28. The third-order valence-corrected chi connectivity index (χ3v) is 4.75. The molecule has 1 saturated carbocycles. The van der Waals surface area contributed by atoms with Gasteiger partial charge in [0.1, 0.15) is 0 Å². The van der Waals surface area contributed by atoms with Gasteiger partial charge in [0.05, 0.1) is 6.54 Å². The van der Waals surface area contributed by atoms with Gasteiger partial charge in [-0.15, -0.1) is 0 Å². The van der Waals surface area contributed by atoms with Crippen molar-refractivity contribution >= 4 is 6.03 Å². The number of rotatable bonds is 4. The monoisotopic (exact) mass is 337 g/mol. The second kappa shape index (κ2) is 8.19. The van der Waals surface area contributed by atoms with Gasteiger partial charge in [0.2, 0.25) is 0 Å². The molecule has 2 rings (SSSR count). The molecule has 0 spiro atoms. The highest BCUT2D eigenvalue weighted by atomic mass is 19.4. The van der Waals surface area contributed by atoms with Gasteiger partial charge in [-0.1, -0.05) is 6.42 Å². The predicted molar refractivity (Wildman–Crippen MR) is 80.0 cm³/mol. The molecule has 0 bridgehead atoms. The van der Waals surface area contributed by atoms with Gasteiger partial charge in [-0.05, 0) is 31.6 Å². The number of urea groups is 1. The molecule has 1 aliphatic carbocycles. The number of aliphatic hydroxyl groups is 1. The highest BCUT2D eigenvalue weighted by molar-refractivity contribution is 5.74. The van der Waals surface area contributed by atoms with Crippen LogP contribution in [0.15, 0.2) is 0 Å². The van der Waals surface area contributed by atoms with Crippen molar-refractivity contribution in [1.82, 2.24) is 15.1 Å². The van der Waals surface area contributed by atoms with Crippen LogP contribution in [0.25, 0.3) is 0 Å². The Morgan fingerprint density at radius 2 is 1.91 bits per heavy atom. The molecule has 134 valence electrons. The van der Waals surface area contributed by atoms with E-state index in [2.05, 4.69) is 5.32 Å². The lowest BCUT2D eigenvalue weighted by Crippen LogP contribution is -2.47. The summed E-state index contributed by atoms with van der Waals surface area (Å²) in [6, 6.07) is -0.113. The summed E-state index contributed by atoms with van der Waals surface area (Å²) in [6.07, 6.45) is -0.0123. The van der Waals surface area contributed by atoms with Crippen LogP contribution < -0.4 is 5.32 Å². The number of nitrogens with zero attached hydrogens (tertiary/aromatic N) is 2. The SMILES string of the molecule is O=C(N[C@H]1CCC[C@H]1CCO)N1CCCN(CC(F)(F)F)CC1. The molecule has 2 N–H and O–H groups in total. The molecule has 23 heavy (non-hydrogen) atoms. The van der Waals surface area contributed by atoms with Crippen LogP contribution in [-0.4, -0.2) is 72.5 Å². The zero-order chi connectivity index (χ0) is 16.9. The van der Waals surface area contributed by atoms with E-state index in [9.17, 15) is 18.0 Å². The van der Waals surface area contributed by atoms with E-state index in [0.29, 0.717) is 38.4 Å². The van der Waals surface area contributed by atoms with E-state index in [4.69, 9.17) is 5.11 Å². The molecule has 1 heterocycles. The van der Waals surface area contributed by atoms with Crippen molar-refractivity contribution < 1.29 is 23.1 Å². The Bertz CT molecular complexity index is 393. The van der Waals surface area contributed by atoms with Gasteiger partial charge in [-0.25, -0.2) is 4.79 Å². The minimum Gasteiger partial charge on any atom is -0.396 e. The molecule has 2 aliphatic rings. The van der Waals surface area contributed by atoms with Gasteiger partial charge in [0.25, 0.3) is 0 Å². The molecule has 0 aromatic rings. The van der Waals surface area contributed by atoms with Crippen molar-refractivity contribution in [3.05, 3.63) is 0 Å². The van der Waals surface area contributed by atoms with Crippen molar-refractivity contribution in [3.8, 4) is 0 Å². The zero-order valence-electron chi connectivity index (χ0n) is 13.3. The van der Waals surface area contributed by atoms with E-state index in [1.54, 1.807) is 4.90 Å². The summed E-state index contributed by atoms with van der Waals surface area (Å²) in [5.41, 5.74) is 0. The van der Waals surface area contributed by atoms with Crippen LogP contribution in [0.3, 0.4) is 0 Å². The Labute approximate surface area is 134 Å². The molecule has 2 fully saturated rings. The first-order valence-electron chi connectivity index (χ1n) is 8.34. The number of halogens is 3. The largest absolute Gasteiger partial charge is 0.401 e. The zero-order valence-corrected chi connectivity index (χ0v) is 13.3. The maximum atomic E-state index is 12.5. The summed E-state index contributed by atoms with van der Waals surface area (Å²) in [4.78, 5) is 15.3. The van der Waals surface area contributed by atoms with Crippen molar-refractivity contribution in [2.75, 3.05) is 39.3 Å². The smallest absolute Gasteiger partial charge is 0.396 e. The highest BCUT2D eigenvalue weighted by Gasteiger charge is 2.33. The first-order valence-corrected chi connectivity index (χ1v) is 8.34. The summed E-state index contributed by atoms with van der Waals surface area (Å²) < 4.78 is 37.4. The lowest BCUT2D eigenvalue weighted by atomic mass is 10.0. The van der Waals surface area contributed by atoms with Crippen LogP contribution in [0.5, 0.6) is 0 Å². The molecular formula is C15H26F3N3O2. The number of hydrogen-bond acceptors (Lipinski definition) is 3. The Kier molecular flexibility index (Phi) is 6.52. The first kappa shape index (κ1) is 18.3. The molecule has 1 saturated heterocycles. The van der Waals surface area contributed by atoms with Crippen molar-refractivity contribution in [3.63, 3.8) is 0 Å². The summed E-state index contributed by atoms with van der Waals surface area (Å²) in [5.74, 6) is 0.303. The maximum absolute atomic E-state index is 12.5. The van der Waals surface area contributed by atoms with Gasteiger partial charge in [0.15, 0.2) is 0 Å². The third kappa shape index (κ3) is 5.84. The number of aliphatic hydroxyl groups excluding tert-OH is 1. The van der Waals surface area contributed by atoms with E-state index in [-0.39, 0.29) is 25.2 Å². The molecule has 0 aromatic carbocycles. The number of carbonyl (C=O) groups excluding carboxylic acids is 1. The normalized spacial score (nSPS) is 27.0. The predicted octanol–water partition coefficient (Wildman–Crippen LogP) is 1.82. The number of amides is 2. The topological polar surface area (TPSA) is 55.8 Å². The molecule has 0 aromatic heterocycles. The summed E-state index contributed by atoms with van der Waals surface area (Å²) in [7, 11) is 0. The van der Waals surface area contributed by atoms with Gasteiger partial charge < -0.3 is 15.3 Å². The van der Waals surface area contributed by atoms with E-state index in [0.717, 1.165) is 19.3 Å². The second-order valence-electron chi connectivity index (χ2n) is 6.49. The molecule has 0 radical (unpaired) electrons. The van der Waals surface area contributed by atoms with Gasteiger partial charge in [0, 0.05) is 38.8 Å². The van der Waals surface area contributed by atoms with Crippen LogP contribution >= 0.6 is 0 Å². The van der Waals surface area contributed by atoms with E-state index in [1.165, 1.54) is 4.90 Å². The summed E-state index contributed by atoms with van der Waals surface area (Å²) in [6.45, 7) is 0.616. The van der Waals surface area contributed by atoms with Crippen LogP contribution in [-0.2, 0) is 0 Å². The Morgan fingerprint density at radius 3 is 2.61 bits per heavy atom. The average Bonchev–Trinajstić information content (AvgIpc) is 2.75. The number of carbonyl (C=O) groups is 1. The van der Waals surface area contributed by atoms with Crippen LogP contribution in [0.4, 0.5) is 18.0 Å². The molecule has 5 nitrogen and oxygen atoms in total. The molecular weight excluding hydrogens is 311 g/mol. The lowest BCUT2D eigenvalue weighted by Gasteiger charge is -2.26. The quantitative estimate of drug-likeness (QED) is 0.823. The Balaban J connectivity index is 1.81. The Morgan fingerprint density at radius 1 is 1.13 bits per heavy atom. The minimum atomic E-state index is -4.20. The second-order valence-corrected chi connectivity index (χ2v) is 6.49. The molecule has 1 aliphatic heterocycles. The van der Waals surface area contributed by atoms with E-state index in [1.807, 2.05) is 0 Å². The van der Waals surface area contributed by atoms with Gasteiger partial charge in [-0.2, -0.15) is 13.2 Å². The number of alkyl halides is 3. The molecule has 0 unspecified atom stereocenters. The standard InChI is InChI=1S/C15H26F3N3O2/c16-15(17,18)11-20-6-2-7-21(9-8-20)14(23)19-13-4-1-3-12(13)5-10-22/h12-13,22H,1-11H2,(H,19,23)/t12-,13-/m0/s1. The van der Waals surface area contributed by atoms with E-state index >= 15 is 0 Å². The van der Waals surface area contributed by atoms with Crippen molar-refractivity contribution in [1.29, 1.82) is 0 Å². The maximum Gasteiger partial charge on any atom is 0.401 e. The van der Waals surface area contributed by atoms with Crippen molar-refractivity contribution in [2.24, 2.45) is 5.92 Å². The Hall–Kier alpha value is -1.02. The fourth-order valence-corrected chi connectivity index (χ4v) is 3.57. The van der Waals surface area contributed by atoms with E-state index < -0.39 is 12.7 Å². The van der Waals surface area contributed by atoms with Crippen LogP contribution in [0.2, 0.25) is 0 Å². The molecule has 8 heteroatoms. The summed E-state index contributed by atoms with van der Waals surface area (Å²) >= 11 is 0. The fourth-order valence-electron chi connectivity index (χ4n) is 3.57.